The van der Waals surface area contributed by atoms with E-state index in [1.54, 1.807) is 13.0 Å². The minimum atomic E-state index is -0.468. The molecule has 0 aliphatic heterocycles. The summed E-state index contributed by atoms with van der Waals surface area (Å²) in [5.41, 5.74) is 1.87. The topological polar surface area (TPSA) is 59.6 Å². The number of ether oxygens (including phenoxy) is 2. The molecule has 0 aliphatic rings. The quantitative estimate of drug-likeness (QED) is 0.714. The number of rotatable bonds is 7. The molecule has 25 heavy (non-hydrogen) atoms. The van der Waals surface area contributed by atoms with Crippen LogP contribution in [0.5, 0.6) is 11.5 Å². The third kappa shape index (κ3) is 5.71. The fourth-order valence-corrected chi connectivity index (χ4v) is 2.36. The largest absolute Gasteiger partial charge is 0.492 e. The van der Waals surface area contributed by atoms with Crippen LogP contribution in [0, 0.1) is 0 Å². The van der Waals surface area contributed by atoms with Crippen molar-refractivity contribution in [1.82, 2.24) is 5.32 Å². The Balaban J connectivity index is 1.89. The van der Waals surface area contributed by atoms with E-state index in [-0.39, 0.29) is 6.03 Å². The number of urea groups is 1. The molecule has 1 atom stereocenters. The number of amides is 2. The molecule has 2 aromatic carbocycles. The van der Waals surface area contributed by atoms with E-state index in [2.05, 4.69) is 24.5 Å². The van der Waals surface area contributed by atoms with Crippen LogP contribution in [0.2, 0.25) is 0 Å². The maximum Gasteiger partial charge on any atom is 0.322 e. The zero-order chi connectivity index (χ0) is 18.2. The van der Waals surface area contributed by atoms with Crippen molar-refractivity contribution in [2.45, 2.75) is 39.8 Å². The van der Waals surface area contributed by atoms with Crippen LogP contribution in [0.3, 0.4) is 0 Å². The van der Waals surface area contributed by atoms with E-state index in [1.807, 2.05) is 49.4 Å². The highest BCUT2D eigenvalue weighted by Crippen LogP contribution is 2.23. The second-order valence-electron chi connectivity index (χ2n) is 6.01. The number of carbonyl (C=O) groups is 1. The summed E-state index contributed by atoms with van der Waals surface area (Å²) in [7, 11) is 0. The van der Waals surface area contributed by atoms with Crippen molar-refractivity contribution in [1.29, 1.82) is 0 Å². The van der Waals surface area contributed by atoms with E-state index in [0.29, 0.717) is 29.7 Å². The van der Waals surface area contributed by atoms with Gasteiger partial charge in [0.05, 0.1) is 12.3 Å². The third-order valence-electron chi connectivity index (χ3n) is 3.63. The molecule has 2 amide bonds. The molecule has 2 rings (SSSR count). The molecule has 0 heterocycles. The molecule has 5 nitrogen and oxygen atoms in total. The monoisotopic (exact) mass is 342 g/mol. The van der Waals surface area contributed by atoms with Crippen LogP contribution < -0.4 is 20.1 Å². The number of hydrogen-bond donors (Lipinski definition) is 2. The molecule has 0 aliphatic carbocycles. The number of anilines is 1. The van der Waals surface area contributed by atoms with Gasteiger partial charge >= 0.3 is 6.03 Å². The molecular formula is C20H26N2O3. The first kappa shape index (κ1) is 18.6. The first-order chi connectivity index (χ1) is 12.0. The van der Waals surface area contributed by atoms with Gasteiger partial charge in [-0.25, -0.2) is 4.79 Å². The minimum Gasteiger partial charge on any atom is -0.492 e. The Morgan fingerprint density at radius 3 is 2.36 bits per heavy atom. The third-order valence-corrected chi connectivity index (χ3v) is 3.63. The maximum absolute atomic E-state index is 12.2. The fourth-order valence-electron chi connectivity index (χ4n) is 2.36. The highest BCUT2D eigenvalue weighted by atomic mass is 16.5. The Bertz CT molecular complexity index is 684. The van der Waals surface area contributed by atoms with E-state index in [9.17, 15) is 4.79 Å². The van der Waals surface area contributed by atoms with Gasteiger partial charge in [0.15, 0.2) is 6.23 Å². The van der Waals surface area contributed by atoms with Gasteiger partial charge in [-0.05, 0) is 49.6 Å². The second-order valence-corrected chi connectivity index (χ2v) is 6.01. The van der Waals surface area contributed by atoms with Crippen LogP contribution in [-0.4, -0.2) is 18.9 Å². The first-order valence-electron chi connectivity index (χ1n) is 8.55. The maximum atomic E-state index is 12.2. The van der Waals surface area contributed by atoms with E-state index in [1.165, 1.54) is 5.56 Å². The number of carbonyl (C=O) groups excluding carboxylic acids is 1. The molecule has 0 spiro atoms. The van der Waals surface area contributed by atoms with Gasteiger partial charge in [0.1, 0.15) is 11.5 Å². The Hall–Kier alpha value is -2.69. The molecule has 134 valence electrons. The number of para-hydroxylation sites is 2. The zero-order valence-corrected chi connectivity index (χ0v) is 15.2. The van der Waals surface area contributed by atoms with Gasteiger partial charge in [-0.15, -0.1) is 0 Å². The van der Waals surface area contributed by atoms with Gasteiger partial charge in [-0.1, -0.05) is 38.1 Å². The molecular weight excluding hydrogens is 316 g/mol. The number of hydrogen-bond acceptors (Lipinski definition) is 3. The SMILES string of the molecule is CCOc1ccccc1NC(=O)NC(C)Oc1ccc(C(C)C)cc1. The second kappa shape index (κ2) is 8.97. The van der Waals surface area contributed by atoms with Crippen LogP contribution in [0.25, 0.3) is 0 Å². The predicted molar refractivity (Wildman–Crippen MR) is 100 cm³/mol. The van der Waals surface area contributed by atoms with E-state index >= 15 is 0 Å². The molecule has 5 heteroatoms. The molecule has 0 radical (unpaired) electrons. The lowest BCUT2D eigenvalue weighted by molar-refractivity contribution is 0.183. The number of benzene rings is 2. The minimum absolute atomic E-state index is 0.349. The fraction of sp³-hybridized carbons (Fsp3) is 0.350. The molecule has 0 aromatic heterocycles. The molecule has 1 unspecified atom stereocenters. The summed E-state index contributed by atoms with van der Waals surface area (Å²) in [6.45, 7) is 8.50. The Morgan fingerprint density at radius 2 is 1.72 bits per heavy atom. The summed E-state index contributed by atoms with van der Waals surface area (Å²) in [4.78, 5) is 12.2. The highest BCUT2D eigenvalue weighted by Gasteiger charge is 2.11. The average Bonchev–Trinajstić information content (AvgIpc) is 2.57. The van der Waals surface area contributed by atoms with Gasteiger partial charge in [-0.3, -0.25) is 0 Å². The standard InChI is InChI=1S/C20H26N2O3/c1-5-24-19-9-7-6-8-18(19)22-20(23)21-15(4)25-17-12-10-16(11-13-17)14(2)3/h6-15H,5H2,1-4H3,(H2,21,22,23). The smallest absolute Gasteiger partial charge is 0.322 e. The van der Waals surface area contributed by atoms with Crippen LogP contribution >= 0.6 is 0 Å². The van der Waals surface area contributed by atoms with Gasteiger partial charge < -0.3 is 20.1 Å². The molecule has 2 aromatic rings. The molecule has 0 bridgehead atoms. The highest BCUT2D eigenvalue weighted by molar-refractivity contribution is 5.91. The van der Waals surface area contributed by atoms with Crippen LogP contribution in [0.4, 0.5) is 10.5 Å². The van der Waals surface area contributed by atoms with Gasteiger partial charge in [-0.2, -0.15) is 0 Å². The van der Waals surface area contributed by atoms with Crippen molar-refractivity contribution in [3.63, 3.8) is 0 Å². The summed E-state index contributed by atoms with van der Waals surface area (Å²) in [5, 5.41) is 5.54. The van der Waals surface area contributed by atoms with Crippen LogP contribution in [-0.2, 0) is 0 Å². The van der Waals surface area contributed by atoms with Crippen molar-refractivity contribution >= 4 is 11.7 Å². The van der Waals surface area contributed by atoms with Crippen molar-refractivity contribution in [2.75, 3.05) is 11.9 Å². The number of nitrogens with one attached hydrogen (secondary N) is 2. The summed E-state index contributed by atoms with van der Waals surface area (Å²) in [5.74, 6) is 1.82. The molecule has 0 fully saturated rings. The Morgan fingerprint density at radius 1 is 1.04 bits per heavy atom. The lowest BCUT2D eigenvalue weighted by Gasteiger charge is -2.18. The van der Waals surface area contributed by atoms with Crippen LogP contribution in [0.1, 0.15) is 39.2 Å². The first-order valence-corrected chi connectivity index (χ1v) is 8.55. The summed E-state index contributed by atoms with van der Waals surface area (Å²) >= 11 is 0. The van der Waals surface area contributed by atoms with Crippen molar-refractivity contribution in [3.05, 3.63) is 54.1 Å². The van der Waals surface area contributed by atoms with Crippen molar-refractivity contribution in [2.24, 2.45) is 0 Å². The summed E-state index contributed by atoms with van der Waals surface area (Å²) in [6, 6.07) is 14.9. The summed E-state index contributed by atoms with van der Waals surface area (Å²) in [6.07, 6.45) is -0.468. The van der Waals surface area contributed by atoms with Gasteiger partial charge in [0.25, 0.3) is 0 Å². The summed E-state index contributed by atoms with van der Waals surface area (Å²) < 4.78 is 11.2. The Kier molecular flexibility index (Phi) is 6.69. The van der Waals surface area contributed by atoms with Crippen molar-refractivity contribution in [3.8, 4) is 11.5 Å². The van der Waals surface area contributed by atoms with Crippen LogP contribution in [0.15, 0.2) is 48.5 Å². The Labute approximate surface area is 149 Å². The molecule has 0 saturated carbocycles. The lowest BCUT2D eigenvalue weighted by atomic mass is 10.0. The lowest BCUT2D eigenvalue weighted by Crippen LogP contribution is -2.39. The van der Waals surface area contributed by atoms with Crippen molar-refractivity contribution < 1.29 is 14.3 Å². The van der Waals surface area contributed by atoms with Gasteiger partial charge in [0.2, 0.25) is 0 Å². The normalized spacial score (nSPS) is 11.7. The zero-order valence-electron chi connectivity index (χ0n) is 15.2. The molecule has 0 saturated heterocycles. The average molecular weight is 342 g/mol. The van der Waals surface area contributed by atoms with E-state index < -0.39 is 6.23 Å². The predicted octanol–water partition coefficient (Wildman–Crippen LogP) is 4.76. The van der Waals surface area contributed by atoms with E-state index in [0.717, 1.165) is 0 Å². The molecule has 2 N–H and O–H groups in total. The van der Waals surface area contributed by atoms with Gasteiger partial charge in [0, 0.05) is 0 Å². The van der Waals surface area contributed by atoms with E-state index in [4.69, 9.17) is 9.47 Å².